The van der Waals surface area contributed by atoms with Crippen LogP contribution < -0.4 is 4.74 Å². The van der Waals surface area contributed by atoms with Crippen molar-refractivity contribution in [3.05, 3.63) is 59.7 Å². The molecule has 0 bridgehead atoms. The number of ether oxygens (including phenoxy) is 2. The van der Waals surface area contributed by atoms with E-state index in [4.69, 9.17) is 9.47 Å². The van der Waals surface area contributed by atoms with E-state index < -0.39 is 5.97 Å². The summed E-state index contributed by atoms with van der Waals surface area (Å²) in [6.07, 6.45) is 0. The molecule has 0 aliphatic carbocycles. The van der Waals surface area contributed by atoms with Gasteiger partial charge >= 0.3 is 5.97 Å². The average molecular weight is 297 g/mol. The highest BCUT2D eigenvalue weighted by Crippen LogP contribution is 2.19. The SMILES string of the molecule is CCOC(=O)C(=Nc1ccc(OC)cc1)c1ccc(C)cc1. The minimum atomic E-state index is -0.429. The zero-order valence-corrected chi connectivity index (χ0v) is 13.0. The molecular formula is C18H19NO3. The van der Waals surface area contributed by atoms with Crippen LogP contribution in [0, 0.1) is 6.92 Å². The lowest BCUT2D eigenvalue weighted by Gasteiger charge is -2.07. The first-order chi connectivity index (χ1) is 10.6. The van der Waals surface area contributed by atoms with Crippen LogP contribution in [0.25, 0.3) is 0 Å². The van der Waals surface area contributed by atoms with Crippen LogP contribution in [0.1, 0.15) is 18.1 Å². The molecular weight excluding hydrogens is 278 g/mol. The normalized spacial score (nSPS) is 11.1. The molecule has 0 saturated heterocycles. The number of benzene rings is 2. The quantitative estimate of drug-likeness (QED) is 0.624. The zero-order valence-electron chi connectivity index (χ0n) is 13.0. The molecule has 0 aliphatic heterocycles. The van der Waals surface area contributed by atoms with Gasteiger partial charge in [0.05, 0.1) is 19.4 Å². The summed E-state index contributed by atoms with van der Waals surface area (Å²) in [6.45, 7) is 4.08. The van der Waals surface area contributed by atoms with Crippen molar-refractivity contribution in [2.45, 2.75) is 13.8 Å². The fraction of sp³-hybridized carbons (Fsp3) is 0.222. The van der Waals surface area contributed by atoms with E-state index in [-0.39, 0.29) is 0 Å². The second-order valence-electron chi connectivity index (χ2n) is 4.74. The summed E-state index contributed by atoms with van der Waals surface area (Å²) in [6, 6.07) is 14.8. The molecule has 0 unspecified atom stereocenters. The Bertz CT molecular complexity index is 658. The van der Waals surface area contributed by atoms with E-state index in [0.717, 1.165) is 16.9 Å². The second-order valence-corrected chi connectivity index (χ2v) is 4.74. The highest BCUT2D eigenvalue weighted by molar-refractivity contribution is 6.43. The molecule has 0 fully saturated rings. The highest BCUT2D eigenvalue weighted by atomic mass is 16.5. The molecule has 0 amide bonds. The summed E-state index contributed by atoms with van der Waals surface area (Å²) >= 11 is 0. The summed E-state index contributed by atoms with van der Waals surface area (Å²) in [4.78, 5) is 16.6. The van der Waals surface area contributed by atoms with E-state index in [9.17, 15) is 4.79 Å². The predicted octanol–water partition coefficient (Wildman–Crippen LogP) is 3.69. The molecule has 4 nitrogen and oxygen atoms in total. The molecule has 0 atom stereocenters. The van der Waals surface area contributed by atoms with E-state index in [1.165, 1.54) is 0 Å². The number of rotatable bonds is 5. The molecule has 0 heterocycles. The van der Waals surface area contributed by atoms with E-state index >= 15 is 0 Å². The summed E-state index contributed by atoms with van der Waals surface area (Å²) < 4.78 is 10.2. The lowest BCUT2D eigenvalue weighted by Crippen LogP contribution is -2.18. The van der Waals surface area contributed by atoms with Crippen LogP contribution >= 0.6 is 0 Å². The number of methoxy groups -OCH3 is 1. The first-order valence-corrected chi connectivity index (χ1v) is 7.11. The first-order valence-electron chi connectivity index (χ1n) is 7.11. The van der Waals surface area contributed by atoms with Crippen molar-refractivity contribution in [1.82, 2.24) is 0 Å². The van der Waals surface area contributed by atoms with Crippen LogP contribution in [0.4, 0.5) is 5.69 Å². The van der Waals surface area contributed by atoms with Crippen molar-refractivity contribution < 1.29 is 14.3 Å². The summed E-state index contributed by atoms with van der Waals surface area (Å²) in [5.74, 6) is 0.314. The molecule has 0 spiro atoms. The van der Waals surface area contributed by atoms with Gasteiger partial charge in [-0.1, -0.05) is 29.8 Å². The van der Waals surface area contributed by atoms with Crippen LogP contribution in [-0.2, 0) is 9.53 Å². The number of aliphatic imine (C=N–C) groups is 1. The van der Waals surface area contributed by atoms with Gasteiger partial charge < -0.3 is 9.47 Å². The molecule has 2 aromatic carbocycles. The van der Waals surface area contributed by atoms with Gasteiger partial charge in [0.25, 0.3) is 0 Å². The van der Waals surface area contributed by atoms with Crippen molar-refractivity contribution in [2.75, 3.05) is 13.7 Å². The number of aryl methyl sites for hydroxylation is 1. The Balaban J connectivity index is 2.40. The van der Waals surface area contributed by atoms with Crippen LogP contribution in [0.2, 0.25) is 0 Å². The third-order valence-electron chi connectivity index (χ3n) is 3.11. The van der Waals surface area contributed by atoms with E-state index in [1.807, 2.05) is 31.2 Å². The highest BCUT2D eigenvalue weighted by Gasteiger charge is 2.15. The van der Waals surface area contributed by atoms with Crippen molar-refractivity contribution in [1.29, 1.82) is 0 Å². The smallest absolute Gasteiger partial charge is 0.357 e. The van der Waals surface area contributed by atoms with Gasteiger partial charge in [0.1, 0.15) is 5.75 Å². The maximum absolute atomic E-state index is 12.2. The summed E-state index contributed by atoms with van der Waals surface area (Å²) in [7, 11) is 1.61. The Morgan fingerprint density at radius 1 is 1.05 bits per heavy atom. The van der Waals surface area contributed by atoms with Gasteiger partial charge in [0, 0.05) is 5.56 Å². The number of hydrogen-bond acceptors (Lipinski definition) is 4. The summed E-state index contributed by atoms with van der Waals surface area (Å²) in [5.41, 5.74) is 2.83. The number of nitrogens with zero attached hydrogens (tertiary/aromatic N) is 1. The van der Waals surface area contributed by atoms with Gasteiger partial charge in [-0.2, -0.15) is 0 Å². The van der Waals surface area contributed by atoms with Crippen molar-refractivity contribution in [3.63, 3.8) is 0 Å². The molecule has 2 rings (SSSR count). The predicted molar refractivity (Wildman–Crippen MR) is 87.0 cm³/mol. The largest absolute Gasteiger partial charge is 0.497 e. The Hall–Kier alpha value is -2.62. The molecule has 0 radical (unpaired) electrons. The maximum Gasteiger partial charge on any atom is 0.357 e. The van der Waals surface area contributed by atoms with Gasteiger partial charge in [-0.25, -0.2) is 9.79 Å². The third-order valence-corrected chi connectivity index (χ3v) is 3.11. The molecule has 0 aromatic heterocycles. The Morgan fingerprint density at radius 3 is 2.23 bits per heavy atom. The third kappa shape index (κ3) is 3.95. The van der Waals surface area contributed by atoms with Gasteiger partial charge in [0.15, 0.2) is 5.71 Å². The lowest BCUT2D eigenvalue weighted by atomic mass is 10.1. The molecule has 0 saturated carbocycles. The van der Waals surface area contributed by atoms with Crippen LogP contribution in [0.15, 0.2) is 53.5 Å². The number of carbonyl (C=O) groups is 1. The topological polar surface area (TPSA) is 47.9 Å². The van der Waals surface area contributed by atoms with Crippen molar-refractivity contribution in [3.8, 4) is 5.75 Å². The molecule has 0 N–H and O–H groups in total. The lowest BCUT2D eigenvalue weighted by molar-refractivity contribution is -0.134. The van der Waals surface area contributed by atoms with E-state index in [1.54, 1.807) is 38.3 Å². The van der Waals surface area contributed by atoms with Gasteiger partial charge in [0.2, 0.25) is 0 Å². The van der Waals surface area contributed by atoms with Gasteiger partial charge in [-0.3, -0.25) is 0 Å². The molecule has 4 heteroatoms. The van der Waals surface area contributed by atoms with Crippen LogP contribution in [-0.4, -0.2) is 25.4 Å². The van der Waals surface area contributed by atoms with Gasteiger partial charge in [-0.15, -0.1) is 0 Å². The molecule has 114 valence electrons. The Morgan fingerprint density at radius 2 is 1.68 bits per heavy atom. The molecule has 2 aromatic rings. The van der Waals surface area contributed by atoms with Crippen LogP contribution in [0.5, 0.6) is 5.75 Å². The van der Waals surface area contributed by atoms with E-state index in [2.05, 4.69) is 4.99 Å². The van der Waals surface area contributed by atoms with Crippen LogP contribution in [0.3, 0.4) is 0 Å². The minimum absolute atomic E-state index is 0.298. The molecule has 0 aliphatic rings. The number of hydrogen-bond donors (Lipinski definition) is 0. The van der Waals surface area contributed by atoms with Gasteiger partial charge in [-0.05, 0) is 38.1 Å². The fourth-order valence-electron chi connectivity index (χ4n) is 1.92. The standard InChI is InChI=1S/C18H19NO3/c1-4-22-18(20)17(14-7-5-13(2)6-8-14)19-15-9-11-16(21-3)12-10-15/h5-12H,4H2,1-3H3. The number of esters is 1. The van der Waals surface area contributed by atoms with Crippen molar-refractivity contribution in [2.24, 2.45) is 4.99 Å². The molecule has 22 heavy (non-hydrogen) atoms. The zero-order chi connectivity index (χ0) is 15.9. The Labute approximate surface area is 130 Å². The van der Waals surface area contributed by atoms with E-state index in [0.29, 0.717) is 18.0 Å². The summed E-state index contributed by atoms with van der Waals surface area (Å²) in [5, 5.41) is 0. The second kappa shape index (κ2) is 7.41. The average Bonchev–Trinajstić information content (AvgIpc) is 2.54. The maximum atomic E-state index is 12.2. The van der Waals surface area contributed by atoms with Crippen molar-refractivity contribution >= 4 is 17.4 Å². The monoisotopic (exact) mass is 297 g/mol. The Kier molecular flexibility index (Phi) is 5.31. The first kappa shape index (κ1) is 15.8. The number of carbonyl (C=O) groups excluding carboxylic acids is 1. The minimum Gasteiger partial charge on any atom is -0.497 e. The fourth-order valence-corrected chi connectivity index (χ4v) is 1.92.